The number of ketones is 1. The molecule has 1 aromatic rings. The summed E-state index contributed by atoms with van der Waals surface area (Å²) in [4.78, 5) is 12.9. The molecule has 14 heavy (non-hydrogen) atoms. The van der Waals surface area contributed by atoms with E-state index in [1.807, 2.05) is 18.4 Å². The van der Waals surface area contributed by atoms with Crippen LogP contribution in [-0.2, 0) is 4.74 Å². The van der Waals surface area contributed by atoms with Crippen LogP contribution in [0.2, 0.25) is 0 Å². The predicted molar refractivity (Wildman–Crippen MR) is 55.7 cm³/mol. The lowest BCUT2D eigenvalue weighted by molar-refractivity contribution is -0.0814. The molecule has 0 amide bonds. The van der Waals surface area contributed by atoms with E-state index < -0.39 is 5.41 Å². The van der Waals surface area contributed by atoms with Crippen molar-refractivity contribution in [2.24, 2.45) is 11.1 Å². The van der Waals surface area contributed by atoms with Gasteiger partial charge in [0.1, 0.15) is 0 Å². The molecule has 1 aromatic heterocycles. The van der Waals surface area contributed by atoms with Gasteiger partial charge in [-0.05, 0) is 23.9 Å². The number of thiophene rings is 1. The molecule has 1 aliphatic rings. The molecule has 0 bridgehead atoms. The molecule has 2 rings (SSSR count). The van der Waals surface area contributed by atoms with Gasteiger partial charge in [-0.2, -0.15) is 0 Å². The number of carbonyl (C=O) groups excluding carboxylic acids is 1. The summed E-state index contributed by atoms with van der Waals surface area (Å²) in [5, 5.41) is 1.94. The molecule has 0 aliphatic carbocycles. The summed E-state index contributed by atoms with van der Waals surface area (Å²) in [5.74, 6) is 0.152. The quantitative estimate of drug-likeness (QED) is 0.765. The first-order valence-electron chi connectivity index (χ1n) is 4.56. The van der Waals surface area contributed by atoms with Crippen molar-refractivity contribution in [3.05, 3.63) is 21.9 Å². The Kier molecular flexibility index (Phi) is 2.43. The molecule has 1 saturated heterocycles. The van der Waals surface area contributed by atoms with Crippen molar-refractivity contribution >= 4 is 17.1 Å². The van der Waals surface area contributed by atoms with Crippen LogP contribution < -0.4 is 5.73 Å². The standard InChI is InChI=1S/C10H13NO2S/c1-7-2-3-14-8(7)9(12)10(4-11)5-13-6-10/h2-3H,4-6,11H2,1H3. The first kappa shape index (κ1) is 9.83. The number of aryl methyl sites for hydroxylation is 1. The van der Waals surface area contributed by atoms with Crippen LogP contribution in [0.1, 0.15) is 15.2 Å². The molecule has 0 spiro atoms. The van der Waals surface area contributed by atoms with E-state index in [4.69, 9.17) is 10.5 Å². The summed E-state index contributed by atoms with van der Waals surface area (Å²) in [7, 11) is 0. The fraction of sp³-hybridized carbons (Fsp3) is 0.500. The van der Waals surface area contributed by atoms with E-state index >= 15 is 0 Å². The van der Waals surface area contributed by atoms with Gasteiger partial charge in [0.05, 0.1) is 23.5 Å². The van der Waals surface area contributed by atoms with Crippen LogP contribution in [0, 0.1) is 12.3 Å². The highest BCUT2D eigenvalue weighted by Gasteiger charge is 2.45. The van der Waals surface area contributed by atoms with Gasteiger partial charge in [0.25, 0.3) is 0 Å². The Morgan fingerprint density at radius 2 is 2.43 bits per heavy atom. The Bertz CT molecular complexity index is 349. The van der Waals surface area contributed by atoms with Crippen LogP contribution in [-0.4, -0.2) is 25.5 Å². The molecular formula is C10H13NO2S. The number of rotatable bonds is 3. The molecule has 76 valence electrons. The van der Waals surface area contributed by atoms with Crippen molar-refractivity contribution in [3.8, 4) is 0 Å². The van der Waals surface area contributed by atoms with Crippen molar-refractivity contribution < 1.29 is 9.53 Å². The van der Waals surface area contributed by atoms with Crippen molar-refractivity contribution in [3.63, 3.8) is 0 Å². The van der Waals surface area contributed by atoms with Gasteiger partial charge in [0.2, 0.25) is 0 Å². The Labute approximate surface area is 86.9 Å². The molecule has 0 saturated carbocycles. The topological polar surface area (TPSA) is 52.3 Å². The van der Waals surface area contributed by atoms with Gasteiger partial charge in [0, 0.05) is 6.54 Å². The van der Waals surface area contributed by atoms with E-state index in [1.165, 1.54) is 11.3 Å². The van der Waals surface area contributed by atoms with E-state index in [2.05, 4.69) is 0 Å². The van der Waals surface area contributed by atoms with E-state index in [0.717, 1.165) is 10.4 Å². The summed E-state index contributed by atoms with van der Waals surface area (Å²) in [6.07, 6.45) is 0. The third kappa shape index (κ3) is 1.30. The van der Waals surface area contributed by atoms with Gasteiger partial charge in [0.15, 0.2) is 5.78 Å². The molecule has 1 fully saturated rings. The predicted octanol–water partition coefficient (Wildman–Crippen LogP) is 1.21. The average molecular weight is 211 g/mol. The lowest BCUT2D eigenvalue weighted by Crippen LogP contribution is -2.53. The lowest BCUT2D eigenvalue weighted by Gasteiger charge is -2.38. The number of nitrogens with two attached hydrogens (primary N) is 1. The minimum Gasteiger partial charge on any atom is -0.379 e. The largest absolute Gasteiger partial charge is 0.379 e. The van der Waals surface area contributed by atoms with Gasteiger partial charge in [-0.1, -0.05) is 0 Å². The second-order valence-electron chi connectivity index (χ2n) is 3.74. The summed E-state index contributed by atoms with van der Waals surface area (Å²) >= 11 is 1.49. The highest BCUT2D eigenvalue weighted by molar-refractivity contribution is 7.12. The molecule has 4 heteroatoms. The minimum absolute atomic E-state index is 0.152. The maximum absolute atomic E-state index is 12.1. The van der Waals surface area contributed by atoms with Crippen LogP contribution in [0.25, 0.3) is 0 Å². The average Bonchev–Trinajstić information content (AvgIpc) is 2.50. The van der Waals surface area contributed by atoms with Gasteiger partial charge < -0.3 is 10.5 Å². The molecule has 0 atom stereocenters. The zero-order chi connectivity index (χ0) is 10.2. The normalized spacial score (nSPS) is 19.0. The van der Waals surface area contributed by atoms with Crippen molar-refractivity contribution in [2.75, 3.05) is 19.8 Å². The fourth-order valence-corrected chi connectivity index (χ4v) is 2.52. The van der Waals surface area contributed by atoms with Crippen molar-refractivity contribution in [1.29, 1.82) is 0 Å². The van der Waals surface area contributed by atoms with Crippen LogP contribution in [0.5, 0.6) is 0 Å². The highest BCUT2D eigenvalue weighted by Crippen LogP contribution is 2.33. The first-order valence-corrected chi connectivity index (χ1v) is 5.44. The Morgan fingerprint density at radius 3 is 2.79 bits per heavy atom. The summed E-state index contributed by atoms with van der Waals surface area (Å²) in [5.41, 5.74) is 6.24. The SMILES string of the molecule is Cc1ccsc1C(=O)C1(CN)COC1. The van der Waals surface area contributed by atoms with E-state index in [-0.39, 0.29) is 5.78 Å². The zero-order valence-electron chi connectivity index (χ0n) is 8.08. The van der Waals surface area contributed by atoms with Crippen LogP contribution >= 0.6 is 11.3 Å². The number of hydrogen-bond acceptors (Lipinski definition) is 4. The summed E-state index contributed by atoms with van der Waals surface area (Å²) in [6, 6.07) is 1.96. The first-order chi connectivity index (χ1) is 6.69. The third-order valence-electron chi connectivity index (χ3n) is 2.70. The molecule has 1 aliphatic heterocycles. The molecule has 3 nitrogen and oxygen atoms in total. The third-order valence-corrected chi connectivity index (χ3v) is 3.71. The molecule has 2 N–H and O–H groups in total. The van der Waals surface area contributed by atoms with E-state index in [9.17, 15) is 4.79 Å². The number of Topliss-reactive ketones (excluding diaryl/α,β-unsaturated/α-hetero) is 1. The molecule has 0 unspecified atom stereocenters. The van der Waals surface area contributed by atoms with Gasteiger partial charge in [-0.15, -0.1) is 11.3 Å². The second-order valence-corrected chi connectivity index (χ2v) is 4.66. The fourth-order valence-electron chi connectivity index (χ4n) is 1.54. The second kappa shape index (κ2) is 3.46. The van der Waals surface area contributed by atoms with Crippen molar-refractivity contribution in [2.45, 2.75) is 6.92 Å². The number of ether oxygens (including phenoxy) is 1. The smallest absolute Gasteiger partial charge is 0.185 e. The summed E-state index contributed by atoms with van der Waals surface area (Å²) < 4.78 is 5.09. The van der Waals surface area contributed by atoms with Gasteiger partial charge in [-0.25, -0.2) is 0 Å². The lowest BCUT2D eigenvalue weighted by atomic mass is 9.80. The van der Waals surface area contributed by atoms with Crippen LogP contribution in [0.15, 0.2) is 11.4 Å². The summed E-state index contributed by atoms with van der Waals surface area (Å²) in [6.45, 7) is 3.27. The maximum atomic E-state index is 12.1. The van der Waals surface area contributed by atoms with Crippen LogP contribution in [0.4, 0.5) is 0 Å². The van der Waals surface area contributed by atoms with E-state index in [0.29, 0.717) is 19.8 Å². The Hall–Kier alpha value is -0.710. The monoisotopic (exact) mass is 211 g/mol. The van der Waals surface area contributed by atoms with Crippen LogP contribution in [0.3, 0.4) is 0 Å². The Balaban J connectivity index is 2.27. The van der Waals surface area contributed by atoms with Gasteiger partial charge in [-0.3, -0.25) is 4.79 Å². The maximum Gasteiger partial charge on any atom is 0.185 e. The molecule has 0 aromatic carbocycles. The highest BCUT2D eigenvalue weighted by atomic mass is 32.1. The van der Waals surface area contributed by atoms with Gasteiger partial charge >= 0.3 is 0 Å². The van der Waals surface area contributed by atoms with E-state index in [1.54, 1.807) is 0 Å². The zero-order valence-corrected chi connectivity index (χ0v) is 8.89. The molecular weight excluding hydrogens is 198 g/mol. The molecule has 0 radical (unpaired) electrons. The number of hydrogen-bond donors (Lipinski definition) is 1. The Morgan fingerprint density at radius 1 is 1.71 bits per heavy atom. The van der Waals surface area contributed by atoms with Crippen molar-refractivity contribution in [1.82, 2.24) is 0 Å². The molecule has 2 heterocycles. The number of carbonyl (C=O) groups is 1. The minimum atomic E-state index is -0.435.